The maximum atomic E-state index is 12.3. The SMILES string of the molecule is Cc1ccc(NC(=O)CNC(=O)c2ccccc2OC(F)F)cc1. The van der Waals surface area contributed by atoms with Gasteiger partial charge in [0.25, 0.3) is 5.91 Å². The molecule has 0 aliphatic rings. The van der Waals surface area contributed by atoms with E-state index >= 15 is 0 Å². The van der Waals surface area contributed by atoms with E-state index in [1.54, 1.807) is 12.1 Å². The number of benzene rings is 2. The van der Waals surface area contributed by atoms with Crippen molar-refractivity contribution in [3.05, 3.63) is 59.7 Å². The molecule has 0 unspecified atom stereocenters. The molecule has 0 saturated heterocycles. The molecular formula is C17H16F2N2O3. The van der Waals surface area contributed by atoms with E-state index in [-0.39, 0.29) is 17.9 Å². The van der Waals surface area contributed by atoms with Crippen LogP contribution in [0.2, 0.25) is 0 Å². The van der Waals surface area contributed by atoms with Crippen LogP contribution < -0.4 is 15.4 Å². The highest BCUT2D eigenvalue weighted by Gasteiger charge is 2.15. The van der Waals surface area contributed by atoms with Crippen LogP contribution in [0.15, 0.2) is 48.5 Å². The first-order chi connectivity index (χ1) is 11.5. The summed E-state index contributed by atoms with van der Waals surface area (Å²) in [4.78, 5) is 23.9. The second-order valence-corrected chi connectivity index (χ2v) is 4.97. The van der Waals surface area contributed by atoms with E-state index in [1.807, 2.05) is 19.1 Å². The van der Waals surface area contributed by atoms with Crippen molar-refractivity contribution in [2.75, 3.05) is 11.9 Å². The van der Waals surface area contributed by atoms with E-state index in [2.05, 4.69) is 15.4 Å². The number of amides is 2. The Morgan fingerprint density at radius 2 is 1.75 bits per heavy atom. The van der Waals surface area contributed by atoms with Crippen LogP contribution in [0.3, 0.4) is 0 Å². The molecule has 7 heteroatoms. The molecule has 0 aromatic heterocycles. The topological polar surface area (TPSA) is 67.4 Å². The number of aryl methyl sites for hydroxylation is 1. The summed E-state index contributed by atoms with van der Waals surface area (Å²) in [5.74, 6) is -1.35. The summed E-state index contributed by atoms with van der Waals surface area (Å²) < 4.78 is 28.9. The number of rotatable bonds is 6. The van der Waals surface area contributed by atoms with Gasteiger partial charge in [-0.15, -0.1) is 0 Å². The molecule has 5 nitrogen and oxygen atoms in total. The lowest BCUT2D eigenvalue weighted by molar-refractivity contribution is -0.115. The number of carbonyl (C=O) groups is 2. The number of alkyl halides is 2. The highest BCUT2D eigenvalue weighted by Crippen LogP contribution is 2.20. The van der Waals surface area contributed by atoms with Gasteiger partial charge < -0.3 is 15.4 Å². The quantitative estimate of drug-likeness (QED) is 0.853. The van der Waals surface area contributed by atoms with Crippen molar-refractivity contribution in [2.24, 2.45) is 0 Å². The zero-order valence-corrected chi connectivity index (χ0v) is 12.9. The average Bonchev–Trinajstić information content (AvgIpc) is 2.55. The van der Waals surface area contributed by atoms with Gasteiger partial charge in [0.2, 0.25) is 5.91 Å². The van der Waals surface area contributed by atoms with E-state index in [4.69, 9.17) is 0 Å². The maximum Gasteiger partial charge on any atom is 0.387 e. The Hall–Kier alpha value is -2.96. The van der Waals surface area contributed by atoms with Crippen molar-refractivity contribution < 1.29 is 23.1 Å². The molecule has 24 heavy (non-hydrogen) atoms. The van der Waals surface area contributed by atoms with Crippen molar-refractivity contribution >= 4 is 17.5 Å². The normalized spacial score (nSPS) is 10.3. The Morgan fingerprint density at radius 1 is 1.08 bits per heavy atom. The van der Waals surface area contributed by atoms with E-state index in [1.165, 1.54) is 24.3 Å². The highest BCUT2D eigenvalue weighted by molar-refractivity contribution is 6.00. The van der Waals surface area contributed by atoms with Crippen LogP contribution in [0, 0.1) is 6.92 Å². The van der Waals surface area contributed by atoms with Crippen LogP contribution in [0.5, 0.6) is 5.75 Å². The van der Waals surface area contributed by atoms with Crippen LogP contribution >= 0.6 is 0 Å². The van der Waals surface area contributed by atoms with Crippen LogP contribution in [0.25, 0.3) is 0 Å². The summed E-state index contributed by atoms with van der Waals surface area (Å²) in [6.45, 7) is -1.41. The van der Waals surface area contributed by atoms with Crippen molar-refractivity contribution in [3.63, 3.8) is 0 Å². The van der Waals surface area contributed by atoms with Gasteiger partial charge in [0.1, 0.15) is 5.75 Å². The van der Waals surface area contributed by atoms with Crippen molar-refractivity contribution in [1.82, 2.24) is 5.32 Å². The maximum absolute atomic E-state index is 12.3. The minimum atomic E-state index is -3.04. The summed E-state index contributed by atoms with van der Waals surface area (Å²) >= 11 is 0. The van der Waals surface area contributed by atoms with E-state index in [9.17, 15) is 18.4 Å². The Kier molecular flexibility index (Phi) is 5.83. The number of anilines is 1. The van der Waals surface area contributed by atoms with Gasteiger partial charge in [-0.05, 0) is 31.2 Å². The van der Waals surface area contributed by atoms with Crippen LogP contribution in [0.4, 0.5) is 14.5 Å². The van der Waals surface area contributed by atoms with Gasteiger partial charge in [-0.25, -0.2) is 0 Å². The van der Waals surface area contributed by atoms with Gasteiger partial charge >= 0.3 is 6.61 Å². The Morgan fingerprint density at radius 3 is 2.42 bits per heavy atom. The molecule has 2 amide bonds. The van der Waals surface area contributed by atoms with Gasteiger partial charge in [0.15, 0.2) is 0 Å². The minimum absolute atomic E-state index is 0.0686. The molecule has 0 radical (unpaired) electrons. The number of halogens is 2. The number of hydrogen-bond acceptors (Lipinski definition) is 3. The molecule has 2 aromatic rings. The molecule has 0 fully saturated rings. The first kappa shape index (κ1) is 17.4. The highest BCUT2D eigenvalue weighted by atomic mass is 19.3. The molecule has 0 aliphatic carbocycles. The average molecular weight is 334 g/mol. The lowest BCUT2D eigenvalue weighted by atomic mass is 10.2. The molecule has 2 N–H and O–H groups in total. The third kappa shape index (κ3) is 5.05. The van der Waals surface area contributed by atoms with Crippen LogP contribution in [0.1, 0.15) is 15.9 Å². The van der Waals surface area contributed by atoms with Crippen molar-refractivity contribution in [1.29, 1.82) is 0 Å². The van der Waals surface area contributed by atoms with Gasteiger partial charge in [-0.3, -0.25) is 9.59 Å². The van der Waals surface area contributed by atoms with E-state index in [0.29, 0.717) is 5.69 Å². The zero-order valence-electron chi connectivity index (χ0n) is 12.9. The molecular weight excluding hydrogens is 318 g/mol. The number of carbonyl (C=O) groups excluding carboxylic acids is 2. The second kappa shape index (κ2) is 8.05. The predicted molar refractivity (Wildman–Crippen MR) is 85.2 cm³/mol. The smallest absolute Gasteiger partial charge is 0.387 e. The van der Waals surface area contributed by atoms with Gasteiger partial charge in [-0.1, -0.05) is 29.8 Å². The molecule has 126 valence electrons. The summed E-state index contributed by atoms with van der Waals surface area (Å²) in [7, 11) is 0. The van der Waals surface area contributed by atoms with Gasteiger partial charge in [-0.2, -0.15) is 8.78 Å². The van der Waals surface area contributed by atoms with Crippen molar-refractivity contribution in [3.8, 4) is 5.75 Å². The minimum Gasteiger partial charge on any atom is -0.434 e. The lowest BCUT2D eigenvalue weighted by Crippen LogP contribution is -2.33. The van der Waals surface area contributed by atoms with Crippen molar-refractivity contribution in [2.45, 2.75) is 13.5 Å². The molecule has 0 spiro atoms. The molecule has 2 aromatic carbocycles. The number of para-hydroxylation sites is 1. The standard InChI is InChI=1S/C17H16F2N2O3/c1-11-6-8-12(9-7-11)21-15(22)10-20-16(23)13-4-2-3-5-14(13)24-17(18)19/h2-9,17H,10H2,1H3,(H,20,23)(H,21,22). The summed E-state index contributed by atoms with van der Waals surface area (Å²) in [6, 6.07) is 12.7. The number of nitrogens with one attached hydrogen (secondary N) is 2. The lowest BCUT2D eigenvalue weighted by Gasteiger charge is -2.11. The summed E-state index contributed by atoms with van der Waals surface area (Å²) in [5.41, 5.74) is 1.58. The Labute approximate surface area is 137 Å². The first-order valence-corrected chi connectivity index (χ1v) is 7.14. The van der Waals surface area contributed by atoms with Crippen LogP contribution in [-0.2, 0) is 4.79 Å². The fraction of sp³-hybridized carbons (Fsp3) is 0.176. The first-order valence-electron chi connectivity index (χ1n) is 7.14. The molecule has 0 saturated carbocycles. The van der Waals surface area contributed by atoms with E-state index in [0.717, 1.165) is 5.56 Å². The summed E-state index contributed by atoms with van der Waals surface area (Å²) in [6.07, 6.45) is 0. The van der Waals surface area contributed by atoms with E-state index < -0.39 is 18.4 Å². The molecule has 0 bridgehead atoms. The molecule has 2 rings (SSSR count). The second-order valence-electron chi connectivity index (χ2n) is 4.97. The molecule has 0 heterocycles. The Bertz CT molecular complexity index is 718. The van der Waals surface area contributed by atoms with Gasteiger partial charge in [0.05, 0.1) is 12.1 Å². The number of ether oxygens (including phenoxy) is 1. The third-order valence-electron chi connectivity index (χ3n) is 3.09. The number of hydrogen-bond donors (Lipinski definition) is 2. The Balaban J connectivity index is 1.93. The predicted octanol–water partition coefficient (Wildman–Crippen LogP) is 2.96. The fourth-order valence-electron chi connectivity index (χ4n) is 1.95. The largest absolute Gasteiger partial charge is 0.434 e. The van der Waals surface area contributed by atoms with Gasteiger partial charge in [0, 0.05) is 5.69 Å². The third-order valence-corrected chi connectivity index (χ3v) is 3.09. The summed E-state index contributed by atoms with van der Waals surface area (Å²) in [5, 5.41) is 4.99. The van der Waals surface area contributed by atoms with Crippen LogP contribution in [-0.4, -0.2) is 25.0 Å². The molecule has 0 atom stereocenters. The zero-order chi connectivity index (χ0) is 17.5. The monoisotopic (exact) mass is 334 g/mol. The fourth-order valence-corrected chi connectivity index (χ4v) is 1.95. The molecule has 0 aliphatic heterocycles.